The van der Waals surface area contributed by atoms with Gasteiger partial charge < -0.3 is 19.9 Å². The number of amides is 4. The van der Waals surface area contributed by atoms with Gasteiger partial charge in [0.15, 0.2) is 0 Å². The molecule has 0 radical (unpaired) electrons. The highest BCUT2D eigenvalue weighted by Gasteiger charge is 2.54. The van der Waals surface area contributed by atoms with Crippen LogP contribution in [0.5, 0.6) is 0 Å². The molecule has 3 aliphatic heterocycles. The molecule has 0 bridgehead atoms. The summed E-state index contributed by atoms with van der Waals surface area (Å²) in [6.45, 7) is 6.35. The summed E-state index contributed by atoms with van der Waals surface area (Å²) in [5.41, 5.74) is -0.746. The van der Waals surface area contributed by atoms with Gasteiger partial charge in [0.1, 0.15) is 5.54 Å². The predicted molar refractivity (Wildman–Crippen MR) is 100 cm³/mol. The summed E-state index contributed by atoms with van der Waals surface area (Å²) in [5, 5.41) is 2.99. The molecule has 0 aliphatic carbocycles. The van der Waals surface area contributed by atoms with Gasteiger partial charge in [-0.15, -0.1) is 0 Å². The lowest BCUT2D eigenvalue weighted by molar-refractivity contribution is -0.139. The minimum Gasteiger partial charge on any atom is -0.384 e. The van der Waals surface area contributed by atoms with Crippen molar-refractivity contribution in [3.05, 3.63) is 0 Å². The van der Waals surface area contributed by atoms with Crippen molar-refractivity contribution >= 4 is 17.8 Å². The van der Waals surface area contributed by atoms with E-state index in [1.165, 1.54) is 4.90 Å². The number of methoxy groups -OCH3 is 1. The van der Waals surface area contributed by atoms with Crippen molar-refractivity contribution in [2.75, 3.05) is 46.4 Å². The first-order valence-corrected chi connectivity index (χ1v) is 10.2. The molecule has 0 saturated carbocycles. The number of rotatable bonds is 6. The number of hydrogen-bond acceptors (Lipinski definition) is 5. The normalized spacial score (nSPS) is 25.9. The minimum absolute atomic E-state index is 0.0243. The number of carbonyl (C=O) groups excluding carboxylic acids is 3. The number of imide groups is 1. The van der Waals surface area contributed by atoms with E-state index in [0.717, 1.165) is 38.9 Å². The first kappa shape index (κ1) is 20.1. The Kier molecular flexibility index (Phi) is 6.37. The van der Waals surface area contributed by atoms with Crippen LogP contribution in [0.3, 0.4) is 0 Å². The van der Waals surface area contributed by atoms with Crippen LogP contribution < -0.4 is 5.32 Å². The smallest absolute Gasteiger partial charge is 0.325 e. The second kappa shape index (κ2) is 8.56. The first-order chi connectivity index (χ1) is 13.0. The topological polar surface area (TPSA) is 82.2 Å². The van der Waals surface area contributed by atoms with Crippen LogP contribution in [0.1, 0.15) is 45.4 Å². The van der Waals surface area contributed by atoms with Gasteiger partial charge in [0, 0.05) is 33.3 Å². The molecule has 3 aliphatic rings. The highest BCUT2D eigenvalue weighted by atomic mass is 16.5. The van der Waals surface area contributed by atoms with Gasteiger partial charge in [0.2, 0.25) is 5.91 Å². The van der Waals surface area contributed by atoms with Crippen molar-refractivity contribution in [2.45, 2.75) is 57.0 Å². The minimum atomic E-state index is -0.746. The number of carbonyl (C=O) groups is 3. The van der Waals surface area contributed by atoms with Crippen LogP contribution in [-0.4, -0.2) is 90.6 Å². The van der Waals surface area contributed by atoms with E-state index in [2.05, 4.69) is 17.1 Å². The quantitative estimate of drug-likeness (QED) is 0.690. The van der Waals surface area contributed by atoms with Gasteiger partial charge in [-0.05, 0) is 38.6 Å². The van der Waals surface area contributed by atoms with Gasteiger partial charge in [-0.1, -0.05) is 6.92 Å². The van der Waals surface area contributed by atoms with Gasteiger partial charge in [-0.3, -0.25) is 14.5 Å². The van der Waals surface area contributed by atoms with E-state index in [1.54, 1.807) is 12.0 Å². The van der Waals surface area contributed by atoms with Crippen molar-refractivity contribution in [3.8, 4) is 0 Å². The summed E-state index contributed by atoms with van der Waals surface area (Å²) >= 11 is 0. The van der Waals surface area contributed by atoms with Gasteiger partial charge in [-0.25, -0.2) is 4.79 Å². The highest BCUT2D eigenvalue weighted by molar-refractivity contribution is 6.07. The predicted octanol–water partition coefficient (Wildman–Crippen LogP) is 0.810. The van der Waals surface area contributed by atoms with E-state index in [4.69, 9.17) is 4.74 Å². The lowest BCUT2D eigenvalue weighted by Gasteiger charge is -2.39. The first-order valence-electron chi connectivity index (χ1n) is 10.2. The highest BCUT2D eigenvalue weighted by Crippen LogP contribution is 2.32. The van der Waals surface area contributed by atoms with Gasteiger partial charge in [0.25, 0.3) is 5.91 Å². The summed E-state index contributed by atoms with van der Waals surface area (Å²) in [7, 11) is 1.57. The largest absolute Gasteiger partial charge is 0.384 e. The Morgan fingerprint density at radius 2 is 2.00 bits per heavy atom. The summed E-state index contributed by atoms with van der Waals surface area (Å²) in [5.74, 6) is -0.0731. The molecular weight excluding hydrogens is 348 g/mol. The maximum Gasteiger partial charge on any atom is 0.325 e. The fraction of sp³-hybridized carbons (Fsp3) is 0.842. The van der Waals surface area contributed by atoms with E-state index < -0.39 is 5.54 Å². The number of hydrogen-bond donors (Lipinski definition) is 1. The zero-order valence-corrected chi connectivity index (χ0v) is 16.5. The molecule has 1 atom stereocenters. The molecule has 1 spiro atoms. The maximum absolute atomic E-state index is 13.2. The van der Waals surface area contributed by atoms with Crippen LogP contribution in [0.2, 0.25) is 0 Å². The fourth-order valence-corrected chi connectivity index (χ4v) is 4.53. The Balaban J connectivity index is 1.64. The van der Waals surface area contributed by atoms with E-state index in [0.29, 0.717) is 39.0 Å². The van der Waals surface area contributed by atoms with E-state index in [1.807, 2.05) is 0 Å². The third-order valence-electron chi connectivity index (χ3n) is 6.08. The second-order valence-electron chi connectivity index (χ2n) is 7.91. The Morgan fingerprint density at radius 1 is 1.26 bits per heavy atom. The summed E-state index contributed by atoms with van der Waals surface area (Å²) in [6, 6.07) is -0.522. The van der Waals surface area contributed by atoms with Crippen LogP contribution in [0.4, 0.5) is 4.79 Å². The third kappa shape index (κ3) is 4.11. The molecule has 1 unspecified atom stereocenters. The average Bonchev–Trinajstić information content (AvgIpc) is 2.91. The Morgan fingerprint density at radius 3 is 2.67 bits per heavy atom. The molecule has 0 aromatic carbocycles. The van der Waals surface area contributed by atoms with Gasteiger partial charge >= 0.3 is 6.03 Å². The summed E-state index contributed by atoms with van der Waals surface area (Å²) in [6.07, 6.45) is 4.31. The molecule has 3 saturated heterocycles. The fourth-order valence-electron chi connectivity index (χ4n) is 4.53. The Bertz CT molecular complexity index is 574. The van der Waals surface area contributed by atoms with Gasteiger partial charge in [-0.2, -0.15) is 0 Å². The van der Waals surface area contributed by atoms with Crippen molar-refractivity contribution in [2.24, 2.45) is 0 Å². The zero-order chi connectivity index (χ0) is 19.4. The number of likely N-dealkylation sites (tertiary alicyclic amines) is 2. The number of nitrogens with one attached hydrogen (secondary N) is 1. The summed E-state index contributed by atoms with van der Waals surface area (Å²) in [4.78, 5) is 43.7. The molecule has 3 rings (SSSR count). The molecule has 0 aromatic heterocycles. The van der Waals surface area contributed by atoms with Crippen molar-refractivity contribution < 1.29 is 19.1 Å². The van der Waals surface area contributed by atoms with Crippen LogP contribution in [0.15, 0.2) is 0 Å². The standard InChI is InChI=1S/C19H32N4O4/c1-3-9-21-11-7-19(8-12-21)17(25)23(18(26)20-19)15-5-4-10-22(14-15)16(24)6-13-27-2/h15H,3-14H2,1-2H3,(H,20,26). The molecule has 8 nitrogen and oxygen atoms in total. The van der Waals surface area contributed by atoms with Crippen LogP contribution >= 0.6 is 0 Å². The van der Waals surface area contributed by atoms with Crippen LogP contribution in [0, 0.1) is 0 Å². The lowest BCUT2D eigenvalue weighted by Crippen LogP contribution is -2.56. The number of ether oxygens (including phenoxy) is 1. The SMILES string of the molecule is CCCN1CCC2(CC1)NC(=O)N(C1CCCN(C(=O)CCOC)C1)C2=O. The van der Waals surface area contributed by atoms with E-state index in [-0.39, 0.29) is 23.9 Å². The Labute approximate surface area is 161 Å². The van der Waals surface area contributed by atoms with Crippen molar-refractivity contribution in [3.63, 3.8) is 0 Å². The molecule has 0 aromatic rings. The molecule has 27 heavy (non-hydrogen) atoms. The van der Waals surface area contributed by atoms with E-state index >= 15 is 0 Å². The number of urea groups is 1. The number of piperidine rings is 2. The van der Waals surface area contributed by atoms with Gasteiger partial charge in [0.05, 0.1) is 19.1 Å². The molecule has 152 valence electrons. The van der Waals surface area contributed by atoms with E-state index in [9.17, 15) is 14.4 Å². The third-order valence-corrected chi connectivity index (χ3v) is 6.08. The lowest BCUT2D eigenvalue weighted by atomic mass is 9.87. The number of nitrogens with zero attached hydrogens (tertiary/aromatic N) is 3. The van der Waals surface area contributed by atoms with Crippen LogP contribution in [-0.2, 0) is 14.3 Å². The monoisotopic (exact) mass is 380 g/mol. The summed E-state index contributed by atoms with van der Waals surface area (Å²) < 4.78 is 4.99. The molecule has 3 heterocycles. The second-order valence-corrected chi connectivity index (χ2v) is 7.91. The zero-order valence-electron chi connectivity index (χ0n) is 16.5. The molecule has 3 fully saturated rings. The molecule has 1 N–H and O–H groups in total. The Hall–Kier alpha value is -1.67. The molecule has 8 heteroatoms. The van der Waals surface area contributed by atoms with Crippen LogP contribution in [0.25, 0.3) is 0 Å². The maximum atomic E-state index is 13.2. The molecule has 4 amide bonds. The van der Waals surface area contributed by atoms with Crippen molar-refractivity contribution in [1.82, 2.24) is 20.0 Å². The van der Waals surface area contributed by atoms with Crippen molar-refractivity contribution in [1.29, 1.82) is 0 Å². The average molecular weight is 380 g/mol. The molecular formula is C19H32N4O4.